The van der Waals surface area contributed by atoms with Crippen LogP contribution in [0.1, 0.15) is 78.1 Å². The molecule has 3 N–H and O–H groups in total. The fraction of sp³-hybridized carbons (Fsp3) is 0.760. The standard InChI is InChI=1S/C25H35NO7/c1-24-11-9-15(33-23(32)26-19(22(30)31)6-8-21(28)29)13-14(24)3-4-16-17-5-7-20(27)25(17,2)12-10-18(16)24/h3,15-19H,4-13H2,1-2H3,(H,26,32)(H,28,29)(H,30,31)/t15-,16?,17?,18?,19?,24-,25-/m0/s1. The Morgan fingerprint density at radius 1 is 1.12 bits per heavy atom. The van der Waals surface area contributed by atoms with Gasteiger partial charge in [0.05, 0.1) is 0 Å². The summed E-state index contributed by atoms with van der Waals surface area (Å²) in [4.78, 5) is 47.0. The third-order valence-corrected chi connectivity index (χ3v) is 9.28. The van der Waals surface area contributed by atoms with Crippen LogP contribution >= 0.6 is 0 Å². The summed E-state index contributed by atoms with van der Waals surface area (Å²) in [6.07, 6.45) is 7.61. The minimum atomic E-state index is -1.29. The van der Waals surface area contributed by atoms with Crippen LogP contribution in [-0.2, 0) is 19.1 Å². The number of rotatable bonds is 6. The summed E-state index contributed by atoms with van der Waals surface area (Å²) >= 11 is 0. The Morgan fingerprint density at radius 3 is 2.52 bits per heavy atom. The van der Waals surface area contributed by atoms with Gasteiger partial charge in [0.2, 0.25) is 0 Å². The smallest absolute Gasteiger partial charge is 0.408 e. The monoisotopic (exact) mass is 461 g/mol. The quantitative estimate of drug-likeness (QED) is 0.511. The highest BCUT2D eigenvalue weighted by Gasteiger charge is 2.58. The summed E-state index contributed by atoms with van der Waals surface area (Å²) in [5.74, 6) is -0.400. The predicted octanol–water partition coefficient (Wildman–Crippen LogP) is 3.93. The van der Waals surface area contributed by atoms with E-state index < -0.39 is 24.1 Å². The lowest BCUT2D eigenvalue weighted by molar-refractivity contribution is -0.140. The van der Waals surface area contributed by atoms with Crippen molar-refractivity contribution < 1.29 is 34.1 Å². The molecule has 0 saturated heterocycles. The van der Waals surface area contributed by atoms with Crippen LogP contribution in [0.5, 0.6) is 0 Å². The van der Waals surface area contributed by atoms with Crippen molar-refractivity contribution in [2.75, 3.05) is 0 Å². The lowest BCUT2D eigenvalue weighted by atomic mass is 9.48. The second-order valence-electron chi connectivity index (χ2n) is 10.9. The van der Waals surface area contributed by atoms with E-state index in [1.807, 2.05) is 0 Å². The number of carbonyl (C=O) groups is 4. The Labute approximate surface area is 194 Å². The molecule has 0 heterocycles. The Hall–Kier alpha value is -2.38. The predicted molar refractivity (Wildman–Crippen MR) is 118 cm³/mol. The molecule has 4 aliphatic carbocycles. The second-order valence-corrected chi connectivity index (χ2v) is 10.9. The third-order valence-electron chi connectivity index (χ3n) is 9.28. The van der Waals surface area contributed by atoms with Gasteiger partial charge in [0.1, 0.15) is 17.9 Å². The number of ether oxygens (including phenoxy) is 1. The highest BCUT2D eigenvalue weighted by atomic mass is 16.6. The number of amides is 1. The summed E-state index contributed by atoms with van der Waals surface area (Å²) in [5.41, 5.74) is 1.22. The number of fused-ring (bicyclic) bond motifs is 5. The van der Waals surface area contributed by atoms with Crippen LogP contribution in [0, 0.1) is 28.6 Å². The summed E-state index contributed by atoms with van der Waals surface area (Å²) in [5, 5.41) is 20.3. The number of carbonyl (C=O) groups excluding carboxylic acids is 2. The average molecular weight is 462 g/mol. The maximum absolute atomic E-state index is 12.6. The summed E-state index contributed by atoms with van der Waals surface area (Å²) < 4.78 is 5.56. The van der Waals surface area contributed by atoms with E-state index in [-0.39, 0.29) is 29.8 Å². The number of aliphatic carboxylic acids is 2. The van der Waals surface area contributed by atoms with Gasteiger partial charge in [-0.25, -0.2) is 9.59 Å². The van der Waals surface area contributed by atoms with Crippen molar-refractivity contribution in [1.29, 1.82) is 0 Å². The van der Waals surface area contributed by atoms with E-state index in [0.29, 0.717) is 42.8 Å². The number of carboxylic acids is 2. The van der Waals surface area contributed by atoms with E-state index in [2.05, 4.69) is 25.2 Å². The van der Waals surface area contributed by atoms with Gasteiger partial charge in [0.15, 0.2) is 0 Å². The second kappa shape index (κ2) is 8.76. The Kier molecular flexibility index (Phi) is 6.31. The van der Waals surface area contributed by atoms with Crippen LogP contribution in [0.4, 0.5) is 4.79 Å². The molecule has 0 radical (unpaired) electrons. The van der Waals surface area contributed by atoms with Crippen LogP contribution in [-0.4, -0.2) is 46.2 Å². The molecule has 3 fully saturated rings. The largest absolute Gasteiger partial charge is 0.481 e. The number of ketones is 1. The van der Waals surface area contributed by atoms with E-state index >= 15 is 0 Å². The van der Waals surface area contributed by atoms with Crippen molar-refractivity contribution in [2.45, 2.75) is 90.2 Å². The molecular weight excluding hydrogens is 426 g/mol. The third kappa shape index (κ3) is 4.28. The molecule has 4 unspecified atom stereocenters. The number of alkyl carbamates (subject to hydrolysis) is 1. The van der Waals surface area contributed by atoms with E-state index in [1.54, 1.807) is 0 Å². The van der Waals surface area contributed by atoms with E-state index in [4.69, 9.17) is 9.84 Å². The van der Waals surface area contributed by atoms with Crippen molar-refractivity contribution in [2.24, 2.45) is 28.6 Å². The Balaban J connectivity index is 1.39. The Morgan fingerprint density at radius 2 is 1.82 bits per heavy atom. The fourth-order valence-corrected chi connectivity index (χ4v) is 7.35. The molecule has 8 nitrogen and oxygen atoms in total. The van der Waals surface area contributed by atoms with Gasteiger partial charge >= 0.3 is 18.0 Å². The summed E-state index contributed by atoms with van der Waals surface area (Å²) in [6, 6.07) is -1.29. The van der Waals surface area contributed by atoms with Gasteiger partial charge in [-0.05, 0) is 68.1 Å². The van der Waals surface area contributed by atoms with E-state index in [9.17, 15) is 24.3 Å². The first-order chi connectivity index (χ1) is 15.5. The van der Waals surface area contributed by atoms with Crippen molar-refractivity contribution in [3.05, 3.63) is 11.6 Å². The van der Waals surface area contributed by atoms with Gasteiger partial charge in [0.25, 0.3) is 0 Å². The van der Waals surface area contributed by atoms with Gasteiger partial charge in [-0.3, -0.25) is 9.59 Å². The van der Waals surface area contributed by atoms with Gasteiger partial charge in [-0.15, -0.1) is 0 Å². The zero-order valence-electron chi connectivity index (χ0n) is 19.5. The molecule has 33 heavy (non-hydrogen) atoms. The molecule has 182 valence electrons. The van der Waals surface area contributed by atoms with E-state index in [0.717, 1.165) is 32.1 Å². The SMILES string of the molecule is C[C@]12CC[C@H](OC(=O)NC(CCC(=O)O)C(=O)O)CC1=CCC1C2CC[C@]2(C)C(=O)CCC12. The minimum absolute atomic E-state index is 0.0529. The number of Topliss-reactive ketones (excluding diaryl/α,β-unsaturated/α-hetero) is 1. The summed E-state index contributed by atoms with van der Waals surface area (Å²) in [6.45, 7) is 4.51. The molecule has 4 rings (SSSR count). The molecular formula is C25H35NO7. The molecule has 0 spiro atoms. The van der Waals surface area contributed by atoms with Crippen LogP contribution < -0.4 is 5.32 Å². The van der Waals surface area contributed by atoms with E-state index in [1.165, 1.54) is 5.57 Å². The molecule has 8 heteroatoms. The molecule has 1 amide bonds. The van der Waals surface area contributed by atoms with Crippen LogP contribution in [0.15, 0.2) is 11.6 Å². The van der Waals surface area contributed by atoms with Crippen molar-refractivity contribution in [1.82, 2.24) is 5.32 Å². The fourth-order valence-electron chi connectivity index (χ4n) is 7.35. The van der Waals surface area contributed by atoms with Crippen molar-refractivity contribution >= 4 is 23.8 Å². The lowest BCUT2D eigenvalue weighted by Crippen LogP contribution is -2.51. The van der Waals surface area contributed by atoms with Crippen LogP contribution in [0.3, 0.4) is 0 Å². The minimum Gasteiger partial charge on any atom is -0.481 e. The first kappa shape index (κ1) is 23.8. The normalized spacial score (nSPS) is 38.2. The maximum atomic E-state index is 12.6. The highest BCUT2D eigenvalue weighted by molar-refractivity contribution is 5.87. The van der Waals surface area contributed by atoms with Crippen LogP contribution in [0.25, 0.3) is 0 Å². The molecule has 0 aromatic carbocycles. The first-order valence-electron chi connectivity index (χ1n) is 12.2. The highest BCUT2D eigenvalue weighted by Crippen LogP contribution is 2.64. The molecule has 3 saturated carbocycles. The number of carboxylic acid groups (broad SMARTS) is 2. The zero-order chi connectivity index (χ0) is 24.0. The topological polar surface area (TPSA) is 130 Å². The average Bonchev–Trinajstić information content (AvgIpc) is 3.05. The maximum Gasteiger partial charge on any atom is 0.408 e. The van der Waals surface area contributed by atoms with Crippen LogP contribution in [0.2, 0.25) is 0 Å². The number of hydrogen-bond donors (Lipinski definition) is 3. The molecule has 4 aliphatic rings. The lowest BCUT2D eigenvalue weighted by Gasteiger charge is -2.56. The van der Waals surface area contributed by atoms with Gasteiger partial charge < -0.3 is 20.3 Å². The summed E-state index contributed by atoms with van der Waals surface area (Å²) in [7, 11) is 0. The van der Waals surface area contributed by atoms with Gasteiger partial charge in [0, 0.05) is 24.7 Å². The molecule has 0 bridgehead atoms. The molecule has 0 aromatic heterocycles. The number of nitrogens with one attached hydrogen (secondary N) is 1. The van der Waals surface area contributed by atoms with Gasteiger partial charge in [-0.1, -0.05) is 25.5 Å². The number of allylic oxidation sites excluding steroid dienone is 1. The molecule has 0 aromatic rings. The molecule has 7 atom stereocenters. The number of hydrogen-bond acceptors (Lipinski definition) is 5. The van der Waals surface area contributed by atoms with Crippen molar-refractivity contribution in [3.63, 3.8) is 0 Å². The van der Waals surface area contributed by atoms with Gasteiger partial charge in [-0.2, -0.15) is 0 Å². The van der Waals surface area contributed by atoms with Crippen molar-refractivity contribution in [3.8, 4) is 0 Å². The Bertz CT molecular complexity index is 882. The first-order valence-corrected chi connectivity index (χ1v) is 12.2. The zero-order valence-corrected chi connectivity index (χ0v) is 19.5. The molecule has 0 aliphatic heterocycles.